The molecule has 14 heavy (non-hydrogen) atoms. The minimum atomic E-state index is -0.0711. The Bertz CT molecular complexity index is 536. The number of H-pyrrole nitrogens is 1. The SMILES string of the molecule is COc1ccc2[nH]nc(I)c(=O)c2c1. The predicted octanol–water partition coefficient (Wildman–Crippen LogP) is 1.54. The van der Waals surface area contributed by atoms with Crippen molar-refractivity contribution in [3.05, 3.63) is 32.1 Å². The lowest BCUT2D eigenvalue weighted by Gasteiger charge is -2.01. The van der Waals surface area contributed by atoms with Crippen LogP contribution < -0.4 is 10.2 Å². The van der Waals surface area contributed by atoms with Gasteiger partial charge in [-0.2, -0.15) is 5.10 Å². The monoisotopic (exact) mass is 302 g/mol. The molecule has 1 aromatic carbocycles. The standard InChI is InChI=1S/C9H7IN2O2/c1-14-5-2-3-7-6(4-5)8(13)9(10)12-11-7/h2-4H,1H3,(H,11,13). The molecule has 0 aliphatic rings. The van der Waals surface area contributed by atoms with Crippen molar-refractivity contribution in [2.45, 2.75) is 0 Å². The molecule has 72 valence electrons. The molecule has 0 saturated carbocycles. The van der Waals surface area contributed by atoms with Gasteiger partial charge in [0.15, 0.2) is 3.70 Å². The number of methoxy groups -OCH3 is 1. The van der Waals surface area contributed by atoms with E-state index >= 15 is 0 Å². The molecule has 0 aliphatic carbocycles. The van der Waals surface area contributed by atoms with Gasteiger partial charge in [0, 0.05) is 0 Å². The third-order valence-electron chi connectivity index (χ3n) is 1.93. The minimum Gasteiger partial charge on any atom is -0.497 e. The number of nitrogens with zero attached hydrogens (tertiary/aromatic N) is 1. The van der Waals surface area contributed by atoms with E-state index in [1.165, 1.54) is 0 Å². The fraction of sp³-hybridized carbons (Fsp3) is 0.111. The van der Waals surface area contributed by atoms with Crippen LogP contribution in [-0.4, -0.2) is 17.3 Å². The first kappa shape index (κ1) is 9.45. The van der Waals surface area contributed by atoms with Crippen LogP contribution >= 0.6 is 22.6 Å². The Balaban J connectivity index is 2.85. The topological polar surface area (TPSA) is 55.0 Å². The number of rotatable bonds is 1. The lowest BCUT2D eigenvalue weighted by atomic mass is 10.2. The van der Waals surface area contributed by atoms with Gasteiger partial charge in [0.05, 0.1) is 18.0 Å². The number of hydrogen-bond donors (Lipinski definition) is 1. The second-order valence-corrected chi connectivity index (χ2v) is 3.78. The molecular formula is C9H7IN2O2. The van der Waals surface area contributed by atoms with Crippen molar-refractivity contribution in [2.24, 2.45) is 0 Å². The molecular weight excluding hydrogens is 295 g/mol. The van der Waals surface area contributed by atoms with Crippen LogP contribution in [0.4, 0.5) is 0 Å². The van der Waals surface area contributed by atoms with Gasteiger partial charge in [0.25, 0.3) is 0 Å². The summed E-state index contributed by atoms with van der Waals surface area (Å²) in [5.74, 6) is 0.671. The van der Waals surface area contributed by atoms with Crippen molar-refractivity contribution in [1.29, 1.82) is 0 Å². The van der Waals surface area contributed by atoms with Gasteiger partial charge in [-0.05, 0) is 40.8 Å². The van der Waals surface area contributed by atoms with Gasteiger partial charge in [0.2, 0.25) is 5.43 Å². The summed E-state index contributed by atoms with van der Waals surface area (Å²) in [7, 11) is 1.57. The van der Waals surface area contributed by atoms with Crippen LogP contribution in [0.3, 0.4) is 0 Å². The molecule has 0 radical (unpaired) electrons. The molecule has 0 saturated heterocycles. The van der Waals surface area contributed by atoms with Crippen molar-refractivity contribution in [2.75, 3.05) is 7.11 Å². The molecule has 1 aromatic heterocycles. The second-order valence-electron chi connectivity index (χ2n) is 2.76. The third kappa shape index (κ3) is 1.47. The van der Waals surface area contributed by atoms with E-state index < -0.39 is 0 Å². The number of ether oxygens (including phenoxy) is 1. The van der Waals surface area contributed by atoms with Gasteiger partial charge in [-0.15, -0.1) is 0 Å². The molecule has 1 heterocycles. The van der Waals surface area contributed by atoms with Crippen LogP contribution in [0.1, 0.15) is 0 Å². The Morgan fingerprint density at radius 1 is 1.50 bits per heavy atom. The van der Waals surface area contributed by atoms with Crippen LogP contribution in [0, 0.1) is 3.70 Å². The Morgan fingerprint density at radius 3 is 3.00 bits per heavy atom. The smallest absolute Gasteiger partial charge is 0.221 e. The van der Waals surface area contributed by atoms with Gasteiger partial charge in [-0.3, -0.25) is 9.89 Å². The summed E-state index contributed by atoms with van der Waals surface area (Å²) >= 11 is 1.90. The highest BCUT2D eigenvalue weighted by atomic mass is 127. The highest BCUT2D eigenvalue weighted by Crippen LogP contribution is 2.15. The van der Waals surface area contributed by atoms with Crippen molar-refractivity contribution >= 4 is 33.5 Å². The number of nitrogens with one attached hydrogen (secondary N) is 1. The van der Waals surface area contributed by atoms with E-state index in [0.29, 0.717) is 14.8 Å². The maximum absolute atomic E-state index is 11.7. The van der Waals surface area contributed by atoms with Crippen LogP contribution in [0.5, 0.6) is 5.75 Å². The molecule has 2 aromatic rings. The molecule has 0 unspecified atom stereocenters. The fourth-order valence-electron chi connectivity index (χ4n) is 1.21. The lowest BCUT2D eigenvalue weighted by molar-refractivity contribution is 0.415. The average molecular weight is 302 g/mol. The normalized spacial score (nSPS) is 10.4. The van der Waals surface area contributed by atoms with E-state index in [4.69, 9.17) is 4.74 Å². The molecule has 5 heteroatoms. The molecule has 0 amide bonds. The van der Waals surface area contributed by atoms with Crippen molar-refractivity contribution < 1.29 is 4.74 Å². The first-order valence-electron chi connectivity index (χ1n) is 3.94. The Hall–Kier alpha value is -1.11. The highest BCUT2D eigenvalue weighted by Gasteiger charge is 2.04. The largest absolute Gasteiger partial charge is 0.497 e. The molecule has 0 bridgehead atoms. The number of aromatic amines is 1. The summed E-state index contributed by atoms with van der Waals surface area (Å²) in [4.78, 5) is 11.7. The second kappa shape index (κ2) is 3.56. The lowest BCUT2D eigenvalue weighted by Crippen LogP contribution is -2.09. The molecule has 0 aliphatic heterocycles. The van der Waals surface area contributed by atoms with Gasteiger partial charge in [-0.1, -0.05) is 0 Å². The molecule has 4 nitrogen and oxygen atoms in total. The van der Waals surface area contributed by atoms with Crippen LogP contribution in [0.25, 0.3) is 10.9 Å². The van der Waals surface area contributed by atoms with E-state index in [2.05, 4.69) is 10.2 Å². The van der Waals surface area contributed by atoms with Crippen LogP contribution in [0.15, 0.2) is 23.0 Å². The van der Waals surface area contributed by atoms with Gasteiger partial charge >= 0.3 is 0 Å². The number of hydrogen-bond acceptors (Lipinski definition) is 3. The zero-order valence-electron chi connectivity index (χ0n) is 7.37. The van der Waals surface area contributed by atoms with E-state index in [0.717, 1.165) is 5.52 Å². The predicted molar refractivity (Wildman–Crippen MR) is 61.6 cm³/mol. The van der Waals surface area contributed by atoms with Crippen molar-refractivity contribution in [3.63, 3.8) is 0 Å². The zero-order chi connectivity index (χ0) is 10.1. The first-order chi connectivity index (χ1) is 6.72. The maximum atomic E-state index is 11.7. The molecule has 1 N–H and O–H groups in total. The minimum absolute atomic E-state index is 0.0711. The summed E-state index contributed by atoms with van der Waals surface area (Å²) in [6.07, 6.45) is 0. The maximum Gasteiger partial charge on any atom is 0.221 e. The molecule has 0 spiro atoms. The summed E-state index contributed by atoms with van der Waals surface area (Å²) < 4.78 is 5.48. The zero-order valence-corrected chi connectivity index (χ0v) is 9.53. The van der Waals surface area contributed by atoms with Crippen LogP contribution in [0.2, 0.25) is 0 Å². The van der Waals surface area contributed by atoms with Gasteiger partial charge < -0.3 is 4.74 Å². The molecule has 0 atom stereocenters. The van der Waals surface area contributed by atoms with E-state index in [-0.39, 0.29) is 5.43 Å². The van der Waals surface area contributed by atoms with Gasteiger partial charge in [-0.25, -0.2) is 0 Å². The molecule has 2 rings (SSSR count). The highest BCUT2D eigenvalue weighted by molar-refractivity contribution is 14.1. The Kier molecular flexibility index (Phi) is 2.40. The number of halogens is 1. The number of benzene rings is 1. The summed E-state index contributed by atoms with van der Waals surface area (Å²) in [6.45, 7) is 0. The van der Waals surface area contributed by atoms with Crippen molar-refractivity contribution in [3.8, 4) is 5.75 Å². The summed E-state index contributed by atoms with van der Waals surface area (Å²) in [5.41, 5.74) is 0.648. The summed E-state index contributed by atoms with van der Waals surface area (Å²) in [5, 5.41) is 7.27. The van der Waals surface area contributed by atoms with E-state index in [9.17, 15) is 4.79 Å². The number of fused-ring (bicyclic) bond motifs is 1. The average Bonchev–Trinajstić information content (AvgIpc) is 2.23. The van der Waals surface area contributed by atoms with E-state index in [1.54, 1.807) is 25.3 Å². The van der Waals surface area contributed by atoms with E-state index in [1.807, 2.05) is 22.6 Å². The van der Waals surface area contributed by atoms with Crippen molar-refractivity contribution in [1.82, 2.24) is 10.2 Å². The van der Waals surface area contributed by atoms with Crippen LogP contribution in [-0.2, 0) is 0 Å². The Morgan fingerprint density at radius 2 is 2.29 bits per heavy atom. The van der Waals surface area contributed by atoms with Gasteiger partial charge in [0.1, 0.15) is 5.75 Å². The number of aromatic nitrogens is 2. The quantitative estimate of drug-likeness (QED) is 0.813. The summed E-state index contributed by atoms with van der Waals surface area (Å²) in [6, 6.07) is 5.27. The fourth-order valence-corrected chi connectivity index (χ4v) is 1.62. The Labute approximate surface area is 93.4 Å². The molecule has 0 fully saturated rings. The first-order valence-corrected chi connectivity index (χ1v) is 5.02. The third-order valence-corrected chi connectivity index (χ3v) is 2.66.